The number of methoxy groups -OCH3 is 1. The van der Waals surface area contributed by atoms with Gasteiger partial charge in [0.2, 0.25) is 0 Å². The lowest BCUT2D eigenvalue weighted by Crippen LogP contribution is -2.49. The van der Waals surface area contributed by atoms with Crippen molar-refractivity contribution in [3.05, 3.63) is 0 Å². The molecule has 3 heteroatoms. The van der Waals surface area contributed by atoms with E-state index in [4.69, 9.17) is 0 Å². The van der Waals surface area contributed by atoms with Crippen molar-refractivity contribution >= 4 is 6.09 Å². The molecule has 1 rings (SSSR count). The number of nitrogens with zero attached hydrogens (tertiary/aromatic N) is 1. The summed E-state index contributed by atoms with van der Waals surface area (Å²) in [6, 6.07) is 0. The van der Waals surface area contributed by atoms with Crippen LogP contribution in [0.4, 0.5) is 4.79 Å². The highest BCUT2D eigenvalue weighted by molar-refractivity contribution is 5.68. The minimum Gasteiger partial charge on any atom is -0.453 e. The van der Waals surface area contributed by atoms with Crippen molar-refractivity contribution in [1.82, 2.24) is 4.90 Å². The van der Waals surface area contributed by atoms with Gasteiger partial charge in [-0.15, -0.1) is 5.92 Å². The van der Waals surface area contributed by atoms with Crippen LogP contribution in [0.1, 0.15) is 6.92 Å². The maximum absolute atomic E-state index is 10.8. The van der Waals surface area contributed by atoms with Crippen LogP contribution >= 0.6 is 0 Å². The Kier molecular flexibility index (Phi) is 2.37. The van der Waals surface area contributed by atoms with Gasteiger partial charge in [-0.3, -0.25) is 0 Å². The Balaban J connectivity index is 2.27. The van der Waals surface area contributed by atoms with Gasteiger partial charge >= 0.3 is 6.09 Å². The fourth-order valence-electron chi connectivity index (χ4n) is 1.05. The van der Waals surface area contributed by atoms with Gasteiger partial charge in [-0.1, -0.05) is 5.92 Å². The second kappa shape index (κ2) is 3.29. The number of hydrogen-bond donors (Lipinski definition) is 0. The highest BCUT2D eigenvalue weighted by Crippen LogP contribution is 2.14. The number of carbonyl (C=O) groups excluding carboxylic acids is 1. The summed E-state index contributed by atoms with van der Waals surface area (Å²) >= 11 is 0. The molecule has 1 aliphatic heterocycles. The van der Waals surface area contributed by atoms with Crippen LogP contribution in [-0.4, -0.2) is 31.2 Å². The Hall–Kier alpha value is -1.17. The molecule has 0 spiro atoms. The van der Waals surface area contributed by atoms with Crippen molar-refractivity contribution in [3.63, 3.8) is 0 Å². The van der Waals surface area contributed by atoms with E-state index >= 15 is 0 Å². The monoisotopic (exact) mass is 153 g/mol. The van der Waals surface area contributed by atoms with Gasteiger partial charge in [-0.05, 0) is 6.92 Å². The van der Waals surface area contributed by atoms with E-state index in [2.05, 4.69) is 16.6 Å². The van der Waals surface area contributed by atoms with Crippen LogP contribution in [0.2, 0.25) is 0 Å². The van der Waals surface area contributed by atoms with Crippen LogP contribution < -0.4 is 0 Å². The lowest BCUT2D eigenvalue weighted by Gasteiger charge is -2.34. The number of hydrogen-bond acceptors (Lipinski definition) is 2. The molecule has 0 atom stereocenters. The Morgan fingerprint density at radius 2 is 2.27 bits per heavy atom. The van der Waals surface area contributed by atoms with Gasteiger partial charge in [0, 0.05) is 13.1 Å². The fourth-order valence-corrected chi connectivity index (χ4v) is 1.05. The van der Waals surface area contributed by atoms with E-state index in [1.165, 1.54) is 7.11 Å². The zero-order chi connectivity index (χ0) is 8.27. The summed E-state index contributed by atoms with van der Waals surface area (Å²) in [7, 11) is 1.39. The van der Waals surface area contributed by atoms with Gasteiger partial charge in [-0.25, -0.2) is 4.79 Å². The van der Waals surface area contributed by atoms with Crippen molar-refractivity contribution in [1.29, 1.82) is 0 Å². The van der Waals surface area contributed by atoms with Gasteiger partial charge in [0.05, 0.1) is 13.0 Å². The van der Waals surface area contributed by atoms with Crippen molar-refractivity contribution < 1.29 is 9.53 Å². The fraction of sp³-hybridized carbons (Fsp3) is 0.625. The van der Waals surface area contributed by atoms with Crippen LogP contribution in [0.5, 0.6) is 0 Å². The average molecular weight is 153 g/mol. The third-order valence-corrected chi connectivity index (χ3v) is 1.66. The van der Waals surface area contributed by atoms with Crippen molar-refractivity contribution in [2.75, 3.05) is 20.2 Å². The summed E-state index contributed by atoms with van der Waals surface area (Å²) in [5, 5.41) is 0. The predicted octanol–water partition coefficient (Wildman–Crippen LogP) is 0.708. The summed E-state index contributed by atoms with van der Waals surface area (Å²) in [6.07, 6.45) is -0.251. The topological polar surface area (TPSA) is 29.5 Å². The van der Waals surface area contributed by atoms with Gasteiger partial charge in [-0.2, -0.15) is 0 Å². The van der Waals surface area contributed by atoms with E-state index in [0.717, 1.165) is 0 Å². The number of amides is 1. The number of ether oxygens (including phenoxy) is 1. The molecule has 1 saturated heterocycles. The van der Waals surface area contributed by atoms with E-state index in [1.807, 2.05) is 0 Å². The minimum atomic E-state index is -0.251. The molecule has 1 fully saturated rings. The molecule has 1 heterocycles. The Morgan fingerprint density at radius 1 is 1.64 bits per heavy atom. The lowest BCUT2D eigenvalue weighted by atomic mass is 10.0. The minimum absolute atomic E-state index is 0.251. The van der Waals surface area contributed by atoms with Gasteiger partial charge in [0.25, 0.3) is 0 Å². The van der Waals surface area contributed by atoms with Gasteiger partial charge in [0.15, 0.2) is 0 Å². The Labute approximate surface area is 66.3 Å². The molecule has 0 bridgehead atoms. The largest absolute Gasteiger partial charge is 0.453 e. The molecule has 11 heavy (non-hydrogen) atoms. The zero-order valence-corrected chi connectivity index (χ0v) is 6.76. The number of carbonyl (C=O) groups is 1. The van der Waals surface area contributed by atoms with Crippen LogP contribution in [0.3, 0.4) is 0 Å². The second-order valence-electron chi connectivity index (χ2n) is 2.47. The molecule has 0 aromatic carbocycles. The first-order valence-electron chi connectivity index (χ1n) is 3.53. The molecule has 0 saturated carbocycles. The second-order valence-corrected chi connectivity index (χ2v) is 2.47. The highest BCUT2D eigenvalue weighted by Gasteiger charge is 2.29. The Morgan fingerprint density at radius 3 is 2.73 bits per heavy atom. The number of rotatable bonds is 0. The third-order valence-electron chi connectivity index (χ3n) is 1.66. The van der Waals surface area contributed by atoms with Crippen LogP contribution in [0.15, 0.2) is 0 Å². The Bertz CT molecular complexity index is 208. The summed E-state index contributed by atoms with van der Waals surface area (Å²) in [5.41, 5.74) is 0. The van der Waals surface area contributed by atoms with Gasteiger partial charge < -0.3 is 9.64 Å². The lowest BCUT2D eigenvalue weighted by molar-refractivity contribution is 0.0833. The normalized spacial score (nSPS) is 16.4. The number of likely N-dealkylation sites (tertiary alicyclic amines) is 1. The molecule has 0 aliphatic carbocycles. The van der Waals surface area contributed by atoms with E-state index in [9.17, 15) is 4.79 Å². The molecular formula is C8H11NO2. The smallest absolute Gasteiger partial charge is 0.409 e. The van der Waals surface area contributed by atoms with E-state index < -0.39 is 0 Å². The maximum Gasteiger partial charge on any atom is 0.409 e. The van der Waals surface area contributed by atoms with Crippen LogP contribution in [-0.2, 0) is 4.74 Å². The first-order valence-corrected chi connectivity index (χ1v) is 3.53. The predicted molar refractivity (Wildman–Crippen MR) is 40.9 cm³/mol. The molecule has 0 N–H and O–H groups in total. The first-order chi connectivity index (χ1) is 5.27. The molecule has 0 unspecified atom stereocenters. The molecule has 1 amide bonds. The van der Waals surface area contributed by atoms with Crippen LogP contribution in [0.25, 0.3) is 0 Å². The SMILES string of the molecule is CC#CC1CN(C(=O)OC)C1. The highest BCUT2D eigenvalue weighted by atomic mass is 16.5. The maximum atomic E-state index is 10.8. The molecular weight excluding hydrogens is 142 g/mol. The first kappa shape index (κ1) is 7.93. The average Bonchev–Trinajstić information content (AvgIpc) is 1.94. The standard InChI is InChI=1S/C8H11NO2/c1-3-4-7-5-9(6-7)8(10)11-2/h7H,5-6H2,1-2H3. The quantitative estimate of drug-likeness (QED) is 0.479. The van der Waals surface area contributed by atoms with E-state index in [1.54, 1.807) is 11.8 Å². The zero-order valence-electron chi connectivity index (χ0n) is 6.76. The van der Waals surface area contributed by atoms with Gasteiger partial charge in [0.1, 0.15) is 0 Å². The van der Waals surface area contributed by atoms with Crippen molar-refractivity contribution in [3.8, 4) is 11.8 Å². The molecule has 0 aromatic rings. The van der Waals surface area contributed by atoms with E-state index in [0.29, 0.717) is 19.0 Å². The summed E-state index contributed by atoms with van der Waals surface area (Å²) in [6.45, 7) is 3.24. The molecule has 3 nitrogen and oxygen atoms in total. The molecule has 1 aliphatic rings. The summed E-state index contributed by atoms with van der Waals surface area (Å²) < 4.78 is 4.52. The van der Waals surface area contributed by atoms with Crippen molar-refractivity contribution in [2.45, 2.75) is 6.92 Å². The van der Waals surface area contributed by atoms with Crippen molar-refractivity contribution in [2.24, 2.45) is 5.92 Å². The summed E-state index contributed by atoms with van der Waals surface area (Å²) in [5.74, 6) is 6.17. The van der Waals surface area contributed by atoms with E-state index in [-0.39, 0.29) is 6.09 Å². The third kappa shape index (κ3) is 1.64. The summed E-state index contributed by atoms with van der Waals surface area (Å²) in [4.78, 5) is 12.4. The molecule has 0 aromatic heterocycles. The van der Waals surface area contributed by atoms with Crippen LogP contribution in [0, 0.1) is 17.8 Å². The molecule has 0 radical (unpaired) electrons. The molecule has 60 valence electrons.